The highest BCUT2D eigenvalue weighted by Crippen LogP contribution is 2.31. The Morgan fingerprint density at radius 2 is 0.707 bits per heavy atom. The number of aliphatic hydroxyl groups excluding tert-OH is 14. The zero-order valence-electron chi connectivity index (χ0n) is 31.0. The lowest BCUT2D eigenvalue weighted by molar-refractivity contribution is -0.354. The fourth-order valence-corrected chi connectivity index (χ4v) is 6.58. The van der Waals surface area contributed by atoms with E-state index < -0.39 is 161 Å². The summed E-state index contributed by atoms with van der Waals surface area (Å²) in [5.41, 5.74) is 0. The van der Waals surface area contributed by atoms with Crippen LogP contribution in [0.4, 0.5) is 9.59 Å². The number of amides is 2. The second kappa shape index (κ2) is 22.5. The molecule has 16 N–H and O–H groups in total. The molecule has 2 amide bonds. The molecule has 4 rings (SSSR count). The Bertz CT molecular complexity index is 1160. The lowest BCUT2D eigenvalue weighted by atomic mass is 9.97. The first-order valence-electron chi connectivity index (χ1n) is 18.6. The molecule has 0 aromatic heterocycles. The van der Waals surface area contributed by atoms with E-state index in [1.165, 1.54) is 0 Å². The molecule has 0 aromatic carbocycles. The maximum absolute atomic E-state index is 12.4. The predicted molar refractivity (Wildman–Crippen MR) is 180 cm³/mol. The lowest BCUT2D eigenvalue weighted by Gasteiger charge is -2.45. The SMILES string of the molecule is O=C(NCCCCCCNC(=O)O[C@@H]1O[C@H](CO)[C@@H](O[C@@H]2O[C@H](CO)[C@H](O)[C@H](O)[C@H]2O)[C@H](O)[C@H]1O)O[C@@H]1O[C@H](CO)[C@@H](O[C@@H]2O[C@H](CO)[C@H](O)[C@H](O)[C@H]2O)[C@H](O)[C@H]1O. The van der Waals surface area contributed by atoms with Gasteiger partial charge in [-0.2, -0.15) is 0 Å². The first-order valence-corrected chi connectivity index (χ1v) is 18.6. The molecule has 0 aliphatic carbocycles. The average Bonchev–Trinajstić information content (AvgIpc) is 3.21. The Hall–Kier alpha value is -2.26. The smallest absolute Gasteiger partial charge is 0.409 e. The zero-order valence-corrected chi connectivity index (χ0v) is 31.0. The summed E-state index contributed by atoms with van der Waals surface area (Å²) >= 11 is 0. The summed E-state index contributed by atoms with van der Waals surface area (Å²) in [5, 5.41) is 146. The van der Waals surface area contributed by atoms with Crippen LogP contribution in [0.5, 0.6) is 0 Å². The van der Waals surface area contributed by atoms with E-state index in [0.717, 1.165) is 0 Å². The van der Waals surface area contributed by atoms with Crippen LogP contribution in [0, 0.1) is 0 Å². The Kier molecular flexibility index (Phi) is 18.8. The van der Waals surface area contributed by atoms with E-state index in [2.05, 4.69) is 10.6 Å². The number of hydrogen-bond donors (Lipinski definition) is 16. The molecule has 0 radical (unpaired) electrons. The van der Waals surface area contributed by atoms with Crippen molar-refractivity contribution in [2.75, 3.05) is 39.5 Å². The number of carbonyl (C=O) groups excluding carboxylic acids is 2. The molecule has 338 valence electrons. The highest BCUT2D eigenvalue weighted by atomic mass is 16.8. The highest BCUT2D eigenvalue weighted by molar-refractivity contribution is 5.67. The first-order chi connectivity index (χ1) is 27.6. The second-order valence-electron chi connectivity index (χ2n) is 14.1. The molecule has 4 aliphatic heterocycles. The van der Waals surface area contributed by atoms with E-state index in [1.54, 1.807) is 0 Å². The van der Waals surface area contributed by atoms with Crippen molar-refractivity contribution in [2.45, 2.75) is 149 Å². The standard InChI is InChI=1S/C32H56N2O24/c35-7-11-15(39)17(41)21(45)27(51-11)55-25-13(9-37)53-29(23(47)19(25)43)57-31(49)33-5-3-1-2-4-6-34-32(50)58-30-24(48)20(44)26(14(10-38)54-30)56-28-22(46)18(42)16(40)12(8-36)52-28/h11-30,35-48H,1-10H2,(H,33,49)(H,34,50)/t11-,12-,13-,14-,15+,16+,17+,18+,19-,20-,21-,22-,23-,24-,25-,26-,27+,28+,29+,30+/m1/s1. The fourth-order valence-electron chi connectivity index (χ4n) is 6.58. The maximum Gasteiger partial charge on any atom is 0.409 e. The summed E-state index contributed by atoms with van der Waals surface area (Å²) in [6, 6.07) is 0. The Morgan fingerprint density at radius 1 is 0.397 bits per heavy atom. The molecule has 4 fully saturated rings. The predicted octanol–water partition coefficient (Wildman–Crippen LogP) is -8.75. The maximum atomic E-state index is 12.4. The Balaban J connectivity index is 1.11. The molecule has 4 saturated heterocycles. The second-order valence-corrected chi connectivity index (χ2v) is 14.1. The molecule has 0 saturated carbocycles. The molecule has 58 heavy (non-hydrogen) atoms. The van der Waals surface area contributed by atoms with Crippen molar-refractivity contribution in [1.82, 2.24) is 10.6 Å². The summed E-state index contributed by atoms with van der Waals surface area (Å²) < 4.78 is 42.3. The van der Waals surface area contributed by atoms with Gasteiger partial charge in [-0.25, -0.2) is 9.59 Å². The molecule has 4 heterocycles. The number of rotatable bonds is 17. The van der Waals surface area contributed by atoms with E-state index in [-0.39, 0.29) is 13.1 Å². The van der Waals surface area contributed by atoms with Crippen LogP contribution in [-0.4, -0.2) is 246 Å². The van der Waals surface area contributed by atoms with E-state index in [1.807, 2.05) is 0 Å². The van der Waals surface area contributed by atoms with Gasteiger partial charge in [-0.05, 0) is 12.8 Å². The summed E-state index contributed by atoms with van der Waals surface area (Å²) in [4.78, 5) is 24.7. The van der Waals surface area contributed by atoms with Crippen molar-refractivity contribution in [1.29, 1.82) is 0 Å². The molecule has 26 nitrogen and oxygen atoms in total. The van der Waals surface area contributed by atoms with Gasteiger partial charge in [-0.3, -0.25) is 0 Å². The van der Waals surface area contributed by atoms with E-state index in [0.29, 0.717) is 25.7 Å². The summed E-state index contributed by atoms with van der Waals surface area (Å²) in [5.74, 6) is 0. The first kappa shape index (κ1) is 48.4. The third-order valence-electron chi connectivity index (χ3n) is 10.0. The van der Waals surface area contributed by atoms with Crippen LogP contribution in [0.2, 0.25) is 0 Å². The van der Waals surface area contributed by atoms with Gasteiger partial charge >= 0.3 is 12.2 Å². The lowest BCUT2D eigenvalue weighted by Crippen LogP contribution is -2.65. The van der Waals surface area contributed by atoms with Crippen LogP contribution < -0.4 is 10.6 Å². The van der Waals surface area contributed by atoms with Gasteiger partial charge in [0.1, 0.15) is 97.7 Å². The molecular formula is C32H56N2O24. The van der Waals surface area contributed by atoms with Crippen LogP contribution in [0.1, 0.15) is 25.7 Å². The minimum absolute atomic E-state index is 0.0955. The average molecular weight is 853 g/mol. The van der Waals surface area contributed by atoms with Gasteiger partial charge in [0.2, 0.25) is 12.6 Å². The van der Waals surface area contributed by atoms with E-state index in [9.17, 15) is 81.1 Å². The van der Waals surface area contributed by atoms with Gasteiger partial charge in [0, 0.05) is 13.1 Å². The van der Waals surface area contributed by atoms with E-state index >= 15 is 0 Å². The Morgan fingerprint density at radius 3 is 1.03 bits per heavy atom. The number of aliphatic hydroxyl groups is 14. The molecule has 0 spiro atoms. The van der Waals surface area contributed by atoms with Gasteiger partial charge in [-0.15, -0.1) is 0 Å². The number of unbranched alkanes of at least 4 members (excludes halogenated alkanes) is 3. The minimum atomic E-state index is -1.91. The molecular weight excluding hydrogens is 796 g/mol. The van der Waals surface area contributed by atoms with Crippen molar-refractivity contribution >= 4 is 12.2 Å². The largest absolute Gasteiger partial charge is 0.417 e. The van der Waals surface area contributed by atoms with Gasteiger partial charge < -0.3 is 120 Å². The van der Waals surface area contributed by atoms with Gasteiger partial charge in [0.15, 0.2) is 12.6 Å². The van der Waals surface area contributed by atoms with Crippen molar-refractivity contribution in [3.8, 4) is 0 Å². The molecule has 26 heteroatoms. The molecule has 0 unspecified atom stereocenters. The van der Waals surface area contributed by atoms with Gasteiger partial charge in [0.25, 0.3) is 0 Å². The molecule has 0 bridgehead atoms. The van der Waals surface area contributed by atoms with Crippen LogP contribution >= 0.6 is 0 Å². The van der Waals surface area contributed by atoms with Crippen LogP contribution in [0.3, 0.4) is 0 Å². The van der Waals surface area contributed by atoms with Crippen LogP contribution in [0.15, 0.2) is 0 Å². The topological polar surface area (TPSA) is 415 Å². The van der Waals surface area contributed by atoms with Gasteiger partial charge in [-0.1, -0.05) is 12.8 Å². The number of alkyl carbamates (subject to hydrolysis) is 2. The summed E-state index contributed by atoms with van der Waals surface area (Å²) in [6.07, 6.45) is -34.0. The van der Waals surface area contributed by atoms with Crippen molar-refractivity contribution < 1.29 is 119 Å². The molecule has 0 aromatic rings. The van der Waals surface area contributed by atoms with E-state index in [4.69, 9.17) is 37.9 Å². The number of hydrogen-bond acceptors (Lipinski definition) is 24. The van der Waals surface area contributed by atoms with Crippen molar-refractivity contribution in [2.24, 2.45) is 0 Å². The monoisotopic (exact) mass is 852 g/mol. The van der Waals surface area contributed by atoms with Crippen LogP contribution in [0.25, 0.3) is 0 Å². The summed E-state index contributed by atoms with van der Waals surface area (Å²) in [6.45, 7) is -2.97. The van der Waals surface area contributed by atoms with Crippen LogP contribution in [-0.2, 0) is 37.9 Å². The third-order valence-corrected chi connectivity index (χ3v) is 10.0. The number of carbonyl (C=O) groups is 2. The highest BCUT2D eigenvalue weighted by Gasteiger charge is 2.53. The van der Waals surface area contributed by atoms with Crippen molar-refractivity contribution in [3.05, 3.63) is 0 Å². The number of ether oxygens (including phenoxy) is 8. The normalized spacial score (nSPS) is 43.3. The summed E-state index contributed by atoms with van der Waals surface area (Å²) in [7, 11) is 0. The minimum Gasteiger partial charge on any atom is -0.417 e. The van der Waals surface area contributed by atoms with Crippen molar-refractivity contribution in [3.63, 3.8) is 0 Å². The molecule has 20 atom stereocenters. The third kappa shape index (κ3) is 11.8. The molecule has 4 aliphatic rings. The quantitative estimate of drug-likeness (QED) is 0.0604. The zero-order chi connectivity index (χ0) is 42.8. The van der Waals surface area contributed by atoms with Gasteiger partial charge in [0.05, 0.1) is 26.4 Å². The fraction of sp³-hybridized carbons (Fsp3) is 0.938. The Labute approximate surface area is 329 Å². The number of nitrogens with one attached hydrogen (secondary N) is 2.